The minimum absolute atomic E-state index is 0. The van der Waals surface area contributed by atoms with E-state index in [2.05, 4.69) is 0 Å². The van der Waals surface area contributed by atoms with Crippen LogP contribution in [0.1, 0.15) is 47.0 Å². The van der Waals surface area contributed by atoms with E-state index in [0.717, 1.165) is 6.08 Å². The lowest BCUT2D eigenvalue weighted by atomic mass is 9.44. The topological polar surface area (TPSA) is 93.1 Å². The van der Waals surface area contributed by atoms with Gasteiger partial charge in [-0.25, -0.2) is 8.78 Å². The fraction of sp³-hybridized carbons (Fsp3) is 0.750. The number of Topliss-reactive ketones (excluding diaryl/α,β-unsaturated/α-hetero) is 1. The van der Waals surface area contributed by atoms with Crippen LogP contribution in [0.15, 0.2) is 23.8 Å². The number of ether oxygens (including phenoxy) is 2. The normalized spacial score (nSPS) is 51.6. The number of rotatable bonds is 2. The molecule has 0 spiro atoms. The first kappa shape index (κ1) is 24.9. The van der Waals surface area contributed by atoms with Gasteiger partial charge in [0.1, 0.15) is 12.8 Å². The largest absolute Gasteiger partial charge is 0.390 e. The van der Waals surface area contributed by atoms with Crippen molar-refractivity contribution in [3.63, 3.8) is 0 Å². The van der Waals surface area contributed by atoms with Crippen molar-refractivity contribution in [2.24, 2.45) is 22.7 Å². The summed E-state index contributed by atoms with van der Waals surface area (Å²) < 4.78 is 44.8. The first-order valence-corrected chi connectivity index (χ1v) is 11.3. The summed E-state index contributed by atoms with van der Waals surface area (Å²) in [6.45, 7) is 5.87. The summed E-state index contributed by atoms with van der Waals surface area (Å²) in [6.07, 6.45) is -0.151. The Bertz CT molecular complexity index is 967. The molecule has 2 N–H and O–H groups in total. The van der Waals surface area contributed by atoms with Crippen molar-refractivity contribution >= 4 is 24.0 Å². The van der Waals surface area contributed by atoms with Crippen molar-refractivity contribution in [1.82, 2.24) is 0 Å². The Balaban J connectivity index is 0.00000259. The minimum Gasteiger partial charge on any atom is -0.390 e. The van der Waals surface area contributed by atoms with Gasteiger partial charge in [-0.05, 0) is 63.7 Å². The van der Waals surface area contributed by atoms with Crippen LogP contribution in [-0.2, 0) is 19.1 Å². The van der Waals surface area contributed by atoms with Gasteiger partial charge in [-0.2, -0.15) is 0 Å². The zero-order valence-electron chi connectivity index (χ0n) is 19.1. The molecule has 0 aromatic rings. The van der Waals surface area contributed by atoms with Crippen LogP contribution in [0.3, 0.4) is 0 Å². The van der Waals surface area contributed by atoms with Gasteiger partial charge in [0, 0.05) is 16.7 Å². The number of ketones is 2. The Morgan fingerprint density at radius 3 is 2.52 bits per heavy atom. The van der Waals surface area contributed by atoms with E-state index in [-0.39, 0.29) is 37.2 Å². The minimum atomic E-state index is -2.24. The number of alkyl halides is 2. The van der Waals surface area contributed by atoms with Crippen LogP contribution in [0.25, 0.3) is 0 Å². The Morgan fingerprint density at radius 1 is 1.21 bits per heavy atom. The average Bonchev–Trinajstić information content (AvgIpc) is 3.11. The Morgan fingerprint density at radius 2 is 1.88 bits per heavy atom. The molecule has 5 aliphatic rings. The van der Waals surface area contributed by atoms with E-state index < -0.39 is 76.3 Å². The predicted octanol–water partition coefficient (Wildman–Crippen LogP) is 2.79. The van der Waals surface area contributed by atoms with Crippen LogP contribution < -0.4 is 0 Å². The number of halogens is 3. The van der Waals surface area contributed by atoms with Crippen LogP contribution in [0.2, 0.25) is 0 Å². The molecule has 33 heavy (non-hydrogen) atoms. The standard InChI is InChI=1S/C24H30F2O6.ClH/c1-20(2)31-19-9-13-14-8-16(25)15-7-12(28)5-6-21(15,3)23(14,26)17(29)10-22(13,4)24(19,32-20)18(30)11-27;/h5-7,13-14,16-17,19,27,29H,8-11H2,1-4H3;1H/t13-,14-,16-,17-,19+,21-,22-,23-,24+;/m0./s1. The average molecular weight is 489 g/mol. The molecular formula is C24H31ClF2O6. The molecule has 3 saturated carbocycles. The molecule has 0 amide bonds. The van der Waals surface area contributed by atoms with E-state index in [0.29, 0.717) is 0 Å². The predicted molar refractivity (Wildman–Crippen MR) is 116 cm³/mol. The third-order valence-corrected chi connectivity index (χ3v) is 9.18. The summed E-state index contributed by atoms with van der Waals surface area (Å²) in [5.41, 5.74) is -6.30. The molecule has 0 unspecified atom stereocenters. The molecule has 0 aromatic carbocycles. The van der Waals surface area contributed by atoms with E-state index in [1.807, 2.05) is 0 Å². The molecule has 1 heterocycles. The van der Waals surface area contributed by atoms with Gasteiger partial charge in [-0.3, -0.25) is 9.59 Å². The molecule has 9 atom stereocenters. The number of fused-ring (bicyclic) bond motifs is 7. The van der Waals surface area contributed by atoms with Gasteiger partial charge in [-0.1, -0.05) is 13.0 Å². The second-order valence-corrected chi connectivity index (χ2v) is 11.0. The van der Waals surface area contributed by atoms with E-state index in [1.165, 1.54) is 19.1 Å². The highest BCUT2D eigenvalue weighted by molar-refractivity contribution is 6.01. The highest BCUT2D eigenvalue weighted by Crippen LogP contribution is 2.72. The highest BCUT2D eigenvalue weighted by atomic mass is 35.5. The number of hydrogen-bond donors (Lipinski definition) is 2. The molecule has 0 bridgehead atoms. The van der Waals surface area contributed by atoms with E-state index in [9.17, 15) is 19.8 Å². The molecule has 9 heteroatoms. The zero-order valence-corrected chi connectivity index (χ0v) is 20.0. The van der Waals surface area contributed by atoms with E-state index in [1.54, 1.807) is 20.8 Å². The Labute approximate surface area is 197 Å². The van der Waals surface area contributed by atoms with Gasteiger partial charge in [0.05, 0.1) is 12.2 Å². The summed E-state index contributed by atoms with van der Waals surface area (Å²) in [5.74, 6) is -3.53. The van der Waals surface area contributed by atoms with Gasteiger partial charge >= 0.3 is 0 Å². The maximum Gasteiger partial charge on any atom is 0.193 e. The number of hydrogen-bond acceptors (Lipinski definition) is 6. The van der Waals surface area contributed by atoms with Crippen LogP contribution in [0.4, 0.5) is 8.78 Å². The van der Waals surface area contributed by atoms with Crippen molar-refractivity contribution in [1.29, 1.82) is 0 Å². The fourth-order valence-corrected chi connectivity index (χ4v) is 7.92. The molecule has 5 rings (SSSR count). The quantitative estimate of drug-likeness (QED) is 0.621. The maximum atomic E-state index is 17.1. The lowest BCUT2D eigenvalue weighted by Crippen LogP contribution is -2.71. The van der Waals surface area contributed by atoms with Crippen LogP contribution in [0.5, 0.6) is 0 Å². The van der Waals surface area contributed by atoms with Crippen LogP contribution in [0, 0.1) is 22.7 Å². The summed E-state index contributed by atoms with van der Waals surface area (Å²) in [6, 6.07) is 0. The Kier molecular flexibility index (Phi) is 5.41. The molecule has 6 nitrogen and oxygen atoms in total. The van der Waals surface area contributed by atoms with E-state index >= 15 is 8.78 Å². The number of carbonyl (C=O) groups excluding carboxylic acids is 2. The summed E-state index contributed by atoms with van der Waals surface area (Å²) >= 11 is 0. The SMILES string of the molecule is CC1(C)O[C@@H]2C[C@H]3[C@@H]4C[C@H](F)C5=CC(=O)C=C[C@]5(C)[C@@]4(F)[C@@H](O)C[C@]3(C)[C@]2(C(=O)CO)O1.Cl. The number of aliphatic hydroxyl groups excluding tert-OH is 2. The lowest BCUT2D eigenvalue weighted by Gasteiger charge is -2.63. The highest BCUT2D eigenvalue weighted by Gasteiger charge is 2.80. The van der Waals surface area contributed by atoms with Crippen molar-refractivity contribution in [2.75, 3.05) is 6.61 Å². The summed E-state index contributed by atoms with van der Waals surface area (Å²) in [4.78, 5) is 25.1. The maximum absolute atomic E-state index is 17.1. The van der Waals surface area contributed by atoms with Crippen molar-refractivity contribution in [3.05, 3.63) is 23.8 Å². The monoisotopic (exact) mass is 488 g/mol. The van der Waals surface area contributed by atoms with Gasteiger partial charge in [0.2, 0.25) is 0 Å². The number of carbonyl (C=O) groups is 2. The molecule has 4 aliphatic carbocycles. The number of aliphatic hydroxyl groups is 2. The first-order valence-electron chi connectivity index (χ1n) is 11.3. The molecule has 184 valence electrons. The molecule has 0 radical (unpaired) electrons. The number of allylic oxidation sites excluding steroid dienone is 4. The third kappa shape index (κ3) is 2.73. The molecule has 4 fully saturated rings. The van der Waals surface area contributed by atoms with Gasteiger partial charge in [0.15, 0.2) is 28.6 Å². The summed E-state index contributed by atoms with van der Waals surface area (Å²) in [5, 5.41) is 21.1. The van der Waals surface area contributed by atoms with Gasteiger partial charge < -0.3 is 19.7 Å². The molecule has 0 aromatic heterocycles. The van der Waals surface area contributed by atoms with Crippen molar-refractivity contribution in [3.8, 4) is 0 Å². The molecular weight excluding hydrogens is 458 g/mol. The van der Waals surface area contributed by atoms with Crippen molar-refractivity contribution < 1.29 is 38.1 Å². The third-order valence-electron chi connectivity index (χ3n) is 9.18. The molecule has 1 saturated heterocycles. The fourth-order valence-electron chi connectivity index (χ4n) is 7.92. The zero-order chi connectivity index (χ0) is 23.5. The van der Waals surface area contributed by atoms with Gasteiger partial charge in [-0.15, -0.1) is 12.4 Å². The Hall–Kier alpha value is -1.19. The van der Waals surface area contributed by atoms with E-state index in [4.69, 9.17) is 9.47 Å². The smallest absolute Gasteiger partial charge is 0.193 e. The second kappa shape index (κ2) is 7.17. The van der Waals surface area contributed by atoms with Crippen LogP contribution >= 0.6 is 12.4 Å². The van der Waals surface area contributed by atoms with Gasteiger partial charge in [0.25, 0.3) is 0 Å². The summed E-state index contributed by atoms with van der Waals surface area (Å²) in [7, 11) is 0. The lowest BCUT2D eigenvalue weighted by molar-refractivity contribution is -0.248. The van der Waals surface area contributed by atoms with Crippen LogP contribution in [-0.4, -0.2) is 63.8 Å². The van der Waals surface area contributed by atoms with Crippen molar-refractivity contribution in [2.45, 2.75) is 82.4 Å². The molecule has 1 aliphatic heterocycles. The first-order chi connectivity index (χ1) is 14.8. The second-order valence-electron chi connectivity index (χ2n) is 11.0.